The zero-order chi connectivity index (χ0) is 47.0. The first-order valence-electron chi connectivity index (χ1n) is 23.9. The van der Waals surface area contributed by atoms with Crippen LogP contribution in [0.4, 0.5) is 0 Å². The van der Waals surface area contributed by atoms with Gasteiger partial charge in [0, 0.05) is 19.3 Å². The minimum atomic E-state index is -1.14. The van der Waals surface area contributed by atoms with Crippen LogP contribution < -0.4 is 5.11 Å². The maximum atomic E-state index is 12.8. The molecular formula is C56H85NO7. The molecule has 0 fully saturated rings. The molecule has 0 aliphatic heterocycles. The quantitative estimate of drug-likeness (QED) is 0.0199. The van der Waals surface area contributed by atoms with Crippen LogP contribution >= 0.6 is 0 Å². The molecule has 0 heterocycles. The Kier molecular flexibility index (Phi) is 41.5. The summed E-state index contributed by atoms with van der Waals surface area (Å²) in [6, 6.07) is -0.749. The van der Waals surface area contributed by atoms with Gasteiger partial charge in [0.25, 0.3) is 0 Å². The molecule has 0 saturated heterocycles. The Morgan fingerprint density at radius 3 is 1.41 bits per heavy atom. The third-order valence-corrected chi connectivity index (χ3v) is 9.63. The maximum absolute atomic E-state index is 12.8. The molecule has 356 valence electrons. The second kappa shape index (κ2) is 44.8. The Morgan fingerprint density at radius 1 is 0.484 bits per heavy atom. The van der Waals surface area contributed by atoms with Crippen molar-refractivity contribution in [2.45, 2.75) is 148 Å². The van der Waals surface area contributed by atoms with Gasteiger partial charge in [0.2, 0.25) is 0 Å². The van der Waals surface area contributed by atoms with Gasteiger partial charge in [-0.3, -0.25) is 9.59 Å². The molecule has 64 heavy (non-hydrogen) atoms. The number of carbonyl (C=O) groups excluding carboxylic acids is 3. The van der Waals surface area contributed by atoms with Gasteiger partial charge in [-0.1, -0.05) is 179 Å². The highest BCUT2D eigenvalue weighted by atomic mass is 16.6. The number of aliphatic carboxylic acids is 1. The van der Waals surface area contributed by atoms with Crippen molar-refractivity contribution >= 4 is 17.9 Å². The summed E-state index contributed by atoms with van der Waals surface area (Å²) in [6.45, 7) is 4.29. The summed E-state index contributed by atoms with van der Waals surface area (Å²) in [5, 5.41) is 11.7. The van der Waals surface area contributed by atoms with Crippen LogP contribution in [0.15, 0.2) is 146 Å². The topological polar surface area (TPSA) is 102 Å². The monoisotopic (exact) mass is 884 g/mol. The fraction of sp³-hybridized carbons (Fsp3) is 0.518. The van der Waals surface area contributed by atoms with Crippen LogP contribution in [0, 0.1) is 0 Å². The van der Waals surface area contributed by atoms with Crippen LogP contribution in [0.3, 0.4) is 0 Å². The molecule has 2 unspecified atom stereocenters. The van der Waals surface area contributed by atoms with E-state index in [0.717, 1.165) is 89.9 Å². The molecule has 0 radical (unpaired) electrons. The molecule has 0 spiro atoms. The zero-order valence-electron chi connectivity index (χ0n) is 40.4. The number of likely N-dealkylation sites (N-methyl/N-ethyl adjacent to an activating group) is 1. The van der Waals surface area contributed by atoms with Gasteiger partial charge in [-0.2, -0.15) is 0 Å². The molecular weight excluding hydrogens is 799 g/mol. The number of carbonyl (C=O) groups is 3. The molecule has 2 atom stereocenters. The molecule has 8 nitrogen and oxygen atoms in total. The second-order valence-electron chi connectivity index (χ2n) is 16.4. The summed E-state index contributed by atoms with van der Waals surface area (Å²) in [5.41, 5.74) is 0. The Balaban J connectivity index is 4.47. The van der Waals surface area contributed by atoms with Crippen molar-refractivity contribution in [2.75, 3.05) is 41.0 Å². The third-order valence-electron chi connectivity index (χ3n) is 9.63. The number of ether oxygens (including phenoxy) is 3. The third kappa shape index (κ3) is 42.5. The number of allylic oxidation sites excluding steroid dienone is 24. The predicted molar refractivity (Wildman–Crippen MR) is 267 cm³/mol. The standard InChI is InChI=1S/C56H85NO7/c1-6-8-10-12-14-16-18-20-22-24-25-26-27-28-29-31-33-35-37-39-41-43-45-47-55(59)64-52(50-62-49-48-53(56(60)61)57(3,4)5)51-63-54(58)46-44-42-40-38-36-34-32-30-23-21-19-17-15-13-11-9-7-2/h8-11,13-17,19-23,25-26,28-30,32-36,52-53H,6-7,12,18,24,27,31,37-51H2,1-5H3/b10-8+,11-9+,15-13+,16-14+,19-17+,22-20+,23-21+,26-25+,29-28+,32-30+,35-33+,36-34+. The van der Waals surface area contributed by atoms with E-state index < -0.39 is 18.1 Å². The average molecular weight is 884 g/mol. The molecule has 0 N–H and O–H groups in total. The number of carboxylic acids is 1. The van der Waals surface area contributed by atoms with E-state index in [2.05, 4.69) is 98.9 Å². The molecule has 0 rings (SSSR count). The summed E-state index contributed by atoms with van der Waals surface area (Å²) in [4.78, 5) is 37.0. The Bertz CT molecular complexity index is 1540. The molecule has 0 aliphatic rings. The number of rotatable bonds is 40. The number of hydrogen-bond donors (Lipinski definition) is 0. The van der Waals surface area contributed by atoms with Crippen LogP contribution in [0.2, 0.25) is 0 Å². The van der Waals surface area contributed by atoms with Crippen LogP contribution in [-0.2, 0) is 28.6 Å². The van der Waals surface area contributed by atoms with Crippen molar-refractivity contribution in [1.82, 2.24) is 0 Å². The van der Waals surface area contributed by atoms with Crippen LogP contribution in [0.5, 0.6) is 0 Å². The molecule has 0 saturated carbocycles. The maximum Gasteiger partial charge on any atom is 0.306 e. The van der Waals surface area contributed by atoms with Crippen molar-refractivity contribution in [3.63, 3.8) is 0 Å². The van der Waals surface area contributed by atoms with E-state index in [9.17, 15) is 19.5 Å². The van der Waals surface area contributed by atoms with Gasteiger partial charge >= 0.3 is 11.9 Å². The largest absolute Gasteiger partial charge is 0.544 e. The molecule has 0 aromatic carbocycles. The van der Waals surface area contributed by atoms with Crippen molar-refractivity contribution < 1.29 is 38.2 Å². The second-order valence-corrected chi connectivity index (χ2v) is 16.4. The smallest absolute Gasteiger partial charge is 0.306 e. The lowest BCUT2D eigenvalue weighted by atomic mass is 10.1. The summed E-state index contributed by atoms with van der Waals surface area (Å²) in [7, 11) is 5.37. The highest BCUT2D eigenvalue weighted by Crippen LogP contribution is 2.11. The summed E-state index contributed by atoms with van der Waals surface area (Å²) >= 11 is 0. The molecule has 0 aromatic rings. The van der Waals surface area contributed by atoms with Gasteiger partial charge in [-0.25, -0.2) is 0 Å². The summed E-state index contributed by atoms with van der Waals surface area (Å²) in [5.74, 6) is -1.85. The first-order chi connectivity index (χ1) is 31.1. The van der Waals surface area contributed by atoms with Gasteiger partial charge in [0.05, 0.1) is 40.3 Å². The van der Waals surface area contributed by atoms with E-state index in [1.54, 1.807) is 21.1 Å². The number of carboxylic acid groups (broad SMARTS) is 1. The van der Waals surface area contributed by atoms with E-state index in [-0.39, 0.29) is 55.5 Å². The first kappa shape index (κ1) is 59.2. The van der Waals surface area contributed by atoms with Crippen molar-refractivity contribution in [3.05, 3.63) is 146 Å². The van der Waals surface area contributed by atoms with Gasteiger partial charge in [-0.05, 0) is 83.5 Å². The Hall–Kier alpha value is -4.79. The Labute approximate surface area is 389 Å². The fourth-order valence-electron chi connectivity index (χ4n) is 5.99. The molecule has 0 bridgehead atoms. The summed E-state index contributed by atoms with van der Waals surface area (Å²) in [6.07, 6.45) is 65.9. The SMILES string of the molecule is CC/C=C/C=C/C=C/C=C/C=C/C=C/CCCCCC(=O)OCC(COCCC(C(=O)[O-])[N+](C)(C)C)OC(=O)CCCCCC/C=C/C/C=C/C/C=C/C/C=C/C/C=C/C/C=C/CC. The number of hydrogen-bond acceptors (Lipinski definition) is 7. The number of quaternary nitrogens is 1. The van der Waals surface area contributed by atoms with Crippen molar-refractivity contribution in [2.24, 2.45) is 0 Å². The minimum Gasteiger partial charge on any atom is -0.544 e. The number of nitrogens with zero attached hydrogens (tertiary/aromatic N) is 1. The normalized spacial score (nSPS) is 14.2. The highest BCUT2D eigenvalue weighted by Gasteiger charge is 2.25. The van der Waals surface area contributed by atoms with Crippen LogP contribution in [0.25, 0.3) is 0 Å². The van der Waals surface area contributed by atoms with E-state index in [4.69, 9.17) is 14.2 Å². The van der Waals surface area contributed by atoms with E-state index in [1.165, 1.54) is 0 Å². The molecule has 0 aromatic heterocycles. The highest BCUT2D eigenvalue weighted by molar-refractivity contribution is 5.70. The van der Waals surface area contributed by atoms with Gasteiger partial charge in [0.15, 0.2) is 6.10 Å². The van der Waals surface area contributed by atoms with Gasteiger partial charge in [-0.15, -0.1) is 0 Å². The molecule has 8 heteroatoms. The summed E-state index contributed by atoms with van der Waals surface area (Å²) < 4.78 is 17.1. The van der Waals surface area contributed by atoms with Gasteiger partial charge < -0.3 is 28.6 Å². The lowest BCUT2D eigenvalue weighted by Crippen LogP contribution is -2.55. The predicted octanol–water partition coefficient (Wildman–Crippen LogP) is 12.4. The first-order valence-corrected chi connectivity index (χ1v) is 23.9. The van der Waals surface area contributed by atoms with Crippen molar-refractivity contribution in [3.8, 4) is 0 Å². The molecule has 0 aliphatic carbocycles. The number of esters is 2. The lowest BCUT2D eigenvalue weighted by molar-refractivity contribution is -0.889. The minimum absolute atomic E-state index is 0.00342. The van der Waals surface area contributed by atoms with E-state index >= 15 is 0 Å². The zero-order valence-corrected chi connectivity index (χ0v) is 40.4. The number of unbranched alkanes of at least 4 members (excludes halogenated alkanes) is 7. The van der Waals surface area contributed by atoms with Crippen LogP contribution in [0.1, 0.15) is 136 Å². The fourth-order valence-corrected chi connectivity index (χ4v) is 5.99. The van der Waals surface area contributed by atoms with Gasteiger partial charge in [0.1, 0.15) is 12.6 Å². The van der Waals surface area contributed by atoms with Crippen molar-refractivity contribution in [1.29, 1.82) is 0 Å². The van der Waals surface area contributed by atoms with Crippen LogP contribution in [-0.4, -0.2) is 75.5 Å². The average Bonchev–Trinajstić information content (AvgIpc) is 3.26. The molecule has 0 amide bonds. The lowest BCUT2D eigenvalue weighted by Gasteiger charge is -2.34. The Morgan fingerprint density at radius 2 is 0.906 bits per heavy atom. The van der Waals surface area contributed by atoms with E-state index in [0.29, 0.717) is 12.8 Å². The van der Waals surface area contributed by atoms with E-state index in [1.807, 2.05) is 60.8 Å².